The summed E-state index contributed by atoms with van der Waals surface area (Å²) in [5.74, 6) is -0.141. The number of rotatable bonds is 7. The minimum atomic E-state index is -0.143. The van der Waals surface area contributed by atoms with Crippen molar-refractivity contribution in [2.45, 2.75) is 12.5 Å². The minimum Gasteiger partial charge on any atom is -0.405 e. The molecule has 5 N–H and O–H groups in total. The van der Waals surface area contributed by atoms with Crippen LogP contribution in [0, 0.1) is 0 Å². The average molecular weight is 343 g/mol. The molecule has 0 saturated heterocycles. The van der Waals surface area contributed by atoms with Gasteiger partial charge < -0.3 is 16.8 Å². The van der Waals surface area contributed by atoms with E-state index < -0.39 is 0 Å². The van der Waals surface area contributed by atoms with Crippen LogP contribution in [-0.2, 0) is 6.42 Å². The summed E-state index contributed by atoms with van der Waals surface area (Å²) in [6.45, 7) is 0.358. The third kappa shape index (κ3) is 4.74. The lowest BCUT2D eigenvalue weighted by molar-refractivity contribution is 0.0942. The number of carbonyl (C=O) groups is 1. The molecule has 2 aromatic heterocycles. The van der Waals surface area contributed by atoms with E-state index in [1.165, 1.54) is 17.5 Å². The fourth-order valence-corrected chi connectivity index (χ4v) is 3.04. The van der Waals surface area contributed by atoms with Crippen molar-refractivity contribution in [2.75, 3.05) is 13.6 Å². The molecule has 0 fully saturated rings. The van der Waals surface area contributed by atoms with Crippen LogP contribution in [0.3, 0.4) is 0 Å². The van der Waals surface area contributed by atoms with E-state index in [0.29, 0.717) is 17.8 Å². The van der Waals surface area contributed by atoms with Crippen LogP contribution >= 0.6 is 11.3 Å². The Morgan fingerprint density at radius 2 is 2.38 bits per heavy atom. The van der Waals surface area contributed by atoms with Crippen molar-refractivity contribution in [2.24, 2.45) is 16.5 Å². The van der Waals surface area contributed by atoms with Gasteiger partial charge in [0.05, 0.1) is 10.6 Å². The first kappa shape index (κ1) is 17.8. The second kappa shape index (κ2) is 8.95. The van der Waals surface area contributed by atoms with E-state index in [9.17, 15) is 4.79 Å². The maximum atomic E-state index is 12.4. The molecule has 1 atom stereocenters. The summed E-state index contributed by atoms with van der Waals surface area (Å²) in [6, 6.07) is 5.50. The molecule has 0 aliphatic heterocycles. The van der Waals surface area contributed by atoms with E-state index in [0.717, 1.165) is 16.8 Å². The summed E-state index contributed by atoms with van der Waals surface area (Å²) in [5, 5.41) is 4.85. The Morgan fingerprint density at radius 1 is 1.54 bits per heavy atom. The van der Waals surface area contributed by atoms with Gasteiger partial charge in [0.15, 0.2) is 0 Å². The monoisotopic (exact) mass is 343 g/mol. The lowest BCUT2D eigenvalue weighted by atomic mass is 10.1. The van der Waals surface area contributed by atoms with Gasteiger partial charge in [-0.3, -0.25) is 14.8 Å². The molecule has 0 aromatic carbocycles. The van der Waals surface area contributed by atoms with Gasteiger partial charge in [0, 0.05) is 43.0 Å². The number of nitrogens with zero attached hydrogens (tertiary/aromatic N) is 2. The van der Waals surface area contributed by atoms with Crippen molar-refractivity contribution >= 4 is 23.0 Å². The Labute approximate surface area is 145 Å². The molecule has 24 heavy (non-hydrogen) atoms. The highest BCUT2D eigenvalue weighted by Gasteiger charge is 2.15. The molecule has 6 nitrogen and oxygen atoms in total. The first-order valence-corrected chi connectivity index (χ1v) is 8.39. The van der Waals surface area contributed by atoms with Crippen molar-refractivity contribution in [1.82, 2.24) is 10.3 Å². The number of thiophene rings is 1. The largest absolute Gasteiger partial charge is 0.405 e. The van der Waals surface area contributed by atoms with Crippen LogP contribution in [0.1, 0.15) is 20.8 Å². The van der Waals surface area contributed by atoms with Gasteiger partial charge in [-0.15, -0.1) is 11.3 Å². The zero-order valence-corrected chi connectivity index (χ0v) is 14.3. The van der Waals surface area contributed by atoms with Crippen LogP contribution in [-0.4, -0.2) is 36.2 Å². The maximum Gasteiger partial charge on any atom is 0.261 e. The van der Waals surface area contributed by atoms with Crippen LogP contribution in [0.15, 0.2) is 53.2 Å². The molecule has 7 heteroatoms. The summed E-state index contributed by atoms with van der Waals surface area (Å²) in [5.41, 5.74) is 13.8. The van der Waals surface area contributed by atoms with Crippen LogP contribution in [0.5, 0.6) is 0 Å². The number of hydrogen-bond acceptors (Lipinski definition) is 6. The lowest BCUT2D eigenvalue weighted by Gasteiger charge is -2.16. The SMILES string of the molecule is CN=C(C=CN)c1csc(C(=O)N[C@H](CN)Cc2cccnc2)c1. The topological polar surface area (TPSA) is 106 Å². The number of aliphatic imine (C=N–C) groups is 1. The number of nitrogens with one attached hydrogen (secondary N) is 1. The van der Waals surface area contributed by atoms with E-state index in [2.05, 4.69) is 15.3 Å². The van der Waals surface area contributed by atoms with E-state index in [1.807, 2.05) is 17.5 Å². The number of aromatic nitrogens is 1. The fraction of sp³-hybridized carbons (Fsp3) is 0.235. The standard InChI is InChI=1S/C17H21N5OS/c1-20-15(4-5-18)13-8-16(24-11-13)17(23)22-14(9-19)7-12-3-2-6-21-10-12/h2-6,8,10-11,14H,7,9,18-19H2,1H3,(H,22,23)/t14-/m0/s1. The molecule has 126 valence electrons. The van der Waals surface area contributed by atoms with Gasteiger partial charge in [0.25, 0.3) is 5.91 Å². The first-order valence-electron chi connectivity index (χ1n) is 7.51. The second-order valence-corrected chi connectivity index (χ2v) is 6.05. The Kier molecular flexibility index (Phi) is 6.65. The van der Waals surface area contributed by atoms with Gasteiger partial charge in [-0.25, -0.2) is 0 Å². The predicted molar refractivity (Wildman–Crippen MR) is 98.4 cm³/mol. The van der Waals surface area contributed by atoms with Crippen molar-refractivity contribution in [3.8, 4) is 0 Å². The highest BCUT2D eigenvalue weighted by molar-refractivity contribution is 7.12. The molecule has 0 aliphatic rings. The number of pyridine rings is 1. The second-order valence-electron chi connectivity index (χ2n) is 5.14. The molecule has 0 saturated carbocycles. The molecule has 0 spiro atoms. The summed E-state index contributed by atoms with van der Waals surface area (Å²) in [7, 11) is 1.69. The number of nitrogens with two attached hydrogens (primary N) is 2. The van der Waals surface area contributed by atoms with E-state index in [4.69, 9.17) is 11.5 Å². The van der Waals surface area contributed by atoms with Crippen molar-refractivity contribution in [1.29, 1.82) is 0 Å². The predicted octanol–water partition coefficient (Wildman–Crippen LogP) is 1.33. The highest BCUT2D eigenvalue weighted by atomic mass is 32.1. The first-order chi connectivity index (χ1) is 11.7. The lowest BCUT2D eigenvalue weighted by Crippen LogP contribution is -2.41. The maximum absolute atomic E-state index is 12.4. The molecular formula is C17H21N5OS. The third-order valence-corrected chi connectivity index (χ3v) is 4.37. The molecule has 2 heterocycles. The van der Waals surface area contributed by atoms with Crippen LogP contribution in [0.2, 0.25) is 0 Å². The normalized spacial score (nSPS) is 13.2. The van der Waals surface area contributed by atoms with Crippen LogP contribution in [0.25, 0.3) is 0 Å². The number of hydrogen-bond donors (Lipinski definition) is 3. The van der Waals surface area contributed by atoms with E-state index >= 15 is 0 Å². The molecule has 1 amide bonds. The summed E-state index contributed by atoms with van der Waals surface area (Å²) in [4.78, 5) is 21.3. The Balaban J connectivity index is 2.04. The van der Waals surface area contributed by atoms with Gasteiger partial charge in [-0.05, 0) is 36.4 Å². The smallest absolute Gasteiger partial charge is 0.261 e. The fourth-order valence-electron chi connectivity index (χ4n) is 2.23. The Hall–Kier alpha value is -2.51. The van der Waals surface area contributed by atoms with Gasteiger partial charge >= 0.3 is 0 Å². The molecular weight excluding hydrogens is 322 g/mol. The number of carbonyl (C=O) groups excluding carboxylic acids is 1. The van der Waals surface area contributed by atoms with Crippen LogP contribution in [0.4, 0.5) is 0 Å². The minimum absolute atomic E-state index is 0.141. The molecule has 0 unspecified atom stereocenters. The van der Waals surface area contributed by atoms with Crippen molar-refractivity contribution in [3.05, 3.63) is 64.3 Å². The van der Waals surface area contributed by atoms with Crippen LogP contribution < -0.4 is 16.8 Å². The van der Waals surface area contributed by atoms with Gasteiger partial charge in [-0.2, -0.15) is 0 Å². The van der Waals surface area contributed by atoms with Gasteiger partial charge in [-0.1, -0.05) is 6.07 Å². The summed E-state index contributed by atoms with van der Waals surface area (Å²) in [6.07, 6.45) is 7.27. The van der Waals surface area contributed by atoms with Gasteiger partial charge in [0.1, 0.15) is 0 Å². The summed E-state index contributed by atoms with van der Waals surface area (Å²) >= 11 is 1.37. The van der Waals surface area contributed by atoms with E-state index in [-0.39, 0.29) is 11.9 Å². The number of amides is 1. The molecule has 0 bridgehead atoms. The summed E-state index contributed by atoms with van der Waals surface area (Å²) < 4.78 is 0. The molecule has 0 radical (unpaired) electrons. The average Bonchev–Trinajstić information content (AvgIpc) is 3.10. The van der Waals surface area contributed by atoms with Crippen molar-refractivity contribution in [3.63, 3.8) is 0 Å². The zero-order valence-electron chi connectivity index (χ0n) is 13.5. The Morgan fingerprint density at radius 3 is 3.00 bits per heavy atom. The highest BCUT2D eigenvalue weighted by Crippen LogP contribution is 2.16. The quantitative estimate of drug-likeness (QED) is 0.659. The molecule has 2 rings (SSSR count). The molecule has 0 aliphatic carbocycles. The van der Waals surface area contributed by atoms with E-state index in [1.54, 1.807) is 31.6 Å². The number of allylic oxidation sites excluding steroid dienone is 1. The Bertz CT molecular complexity index is 724. The third-order valence-electron chi connectivity index (χ3n) is 3.44. The van der Waals surface area contributed by atoms with Gasteiger partial charge in [0.2, 0.25) is 0 Å². The van der Waals surface area contributed by atoms with Crippen molar-refractivity contribution < 1.29 is 4.79 Å². The molecule has 2 aromatic rings. The zero-order chi connectivity index (χ0) is 17.4.